The van der Waals surface area contributed by atoms with Gasteiger partial charge in [0.2, 0.25) is 0 Å². The molecule has 1 aliphatic heterocycles. The molecule has 1 aliphatic rings. The van der Waals surface area contributed by atoms with Crippen molar-refractivity contribution in [2.45, 2.75) is 12.5 Å². The molecule has 2 unspecified atom stereocenters. The molecule has 6 heteroatoms. The van der Waals surface area contributed by atoms with E-state index in [4.69, 9.17) is 15.2 Å². The molecular weight excluding hydrogens is 286 g/mol. The molecule has 2 atom stereocenters. The summed E-state index contributed by atoms with van der Waals surface area (Å²) in [6.07, 6.45) is -0.442. The molecule has 1 heterocycles. The normalized spacial score (nSPS) is 23.2. The zero-order valence-corrected chi connectivity index (χ0v) is 11.6. The molecule has 1 aromatic carbocycles. The van der Waals surface area contributed by atoms with Crippen LogP contribution in [0, 0.1) is 0 Å². The van der Waals surface area contributed by atoms with Crippen LogP contribution < -0.4 is 16.0 Å². The van der Waals surface area contributed by atoms with Gasteiger partial charge in [-0.3, -0.25) is 0 Å². The first-order chi connectivity index (χ1) is 8.08. The highest BCUT2D eigenvalue weighted by molar-refractivity contribution is 9.10. The van der Waals surface area contributed by atoms with Crippen molar-refractivity contribution in [2.24, 2.45) is 0 Å². The van der Waals surface area contributed by atoms with Gasteiger partial charge < -0.3 is 25.4 Å². The summed E-state index contributed by atoms with van der Waals surface area (Å²) in [4.78, 5) is 2.00. The molecule has 0 saturated carbocycles. The van der Waals surface area contributed by atoms with E-state index < -0.39 is 0 Å². The minimum atomic E-state index is -0.249. The van der Waals surface area contributed by atoms with Gasteiger partial charge in [-0.2, -0.15) is 0 Å². The Hall–Kier alpha value is -0.980. The second-order valence-corrected chi connectivity index (χ2v) is 4.84. The van der Waals surface area contributed by atoms with Gasteiger partial charge in [0.15, 0.2) is 12.5 Å². The Morgan fingerprint density at radius 3 is 2.65 bits per heavy atom. The molecule has 0 aromatic heterocycles. The number of nitrogen functional groups attached to an aromatic ring is 1. The summed E-state index contributed by atoms with van der Waals surface area (Å²) in [5.74, 6) is 0. The number of methoxy groups -OCH3 is 2. The molecular formula is C11H16BrN3O2. The number of fused-ring (bicyclic) bond motifs is 1. The molecule has 17 heavy (non-hydrogen) atoms. The van der Waals surface area contributed by atoms with Crippen LogP contribution in [-0.2, 0) is 9.47 Å². The van der Waals surface area contributed by atoms with E-state index in [2.05, 4.69) is 21.2 Å². The SMILES string of the molecule is COC1Nc2c(N)cc(Br)cc2N(C)C1OC. The summed E-state index contributed by atoms with van der Waals surface area (Å²) in [5, 5.41) is 3.24. The molecule has 0 aliphatic carbocycles. The van der Waals surface area contributed by atoms with Crippen molar-refractivity contribution >= 4 is 33.0 Å². The van der Waals surface area contributed by atoms with Gasteiger partial charge in [0.1, 0.15) is 0 Å². The van der Waals surface area contributed by atoms with E-state index in [0.29, 0.717) is 5.69 Å². The number of rotatable bonds is 2. The lowest BCUT2D eigenvalue weighted by Gasteiger charge is -2.41. The number of ether oxygens (including phenoxy) is 2. The highest BCUT2D eigenvalue weighted by atomic mass is 79.9. The van der Waals surface area contributed by atoms with Gasteiger partial charge in [0.05, 0.1) is 17.1 Å². The summed E-state index contributed by atoms with van der Waals surface area (Å²) in [6.45, 7) is 0. The lowest BCUT2D eigenvalue weighted by Crippen LogP contribution is -2.51. The molecule has 3 N–H and O–H groups in total. The monoisotopic (exact) mass is 301 g/mol. The number of nitrogens with one attached hydrogen (secondary N) is 1. The van der Waals surface area contributed by atoms with Gasteiger partial charge in [-0.1, -0.05) is 15.9 Å². The van der Waals surface area contributed by atoms with E-state index in [1.807, 2.05) is 24.1 Å². The van der Waals surface area contributed by atoms with Gasteiger partial charge >= 0.3 is 0 Å². The second kappa shape index (κ2) is 4.72. The lowest BCUT2D eigenvalue weighted by atomic mass is 10.1. The highest BCUT2D eigenvalue weighted by Gasteiger charge is 2.33. The van der Waals surface area contributed by atoms with Crippen molar-refractivity contribution in [1.29, 1.82) is 0 Å². The summed E-state index contributed by atoms with van der Waals surface area (Å²) in [7, 11) is 5.24. The first-order valence-electron chi connectivity index (χ1n) is 5.22. The van der Waals surface area contributed by atoms with Crippen molar-refractivity contribution in [2.75, 3.05) is 37.2 Å². The van der Waals surface area contributed by atoms with Gasteiger partial charge in [-0.25, -0.2) is 0 Å². The van der Waals surface area contributed by atoms with Crippen LogP contribution in [0.1, 0.15) is 0 Å². The number of nitrogens with two attached hydrogens (primary N) is 1. The average Bonchev–Trinajstić information content (AvgIpc) is 2.30. The largest absolute Gasteiger partial charge is 0.397 e. The number of hydrogen-bond acceptors (Lipinski definition) is 5. The minimum absolute atomic E-state index is 0.193. The second-order valence-electron chi connectivity index (χ2n) is 3.93. The first-order valence-corrected chi connectivity index (χ1v) is 6.01. The third-order valence-electron chi connectivity index (χ3n) is 2.92. The van der Waals surface area contributed by atoms with Crippen molar-refractivity contribution in [1.82, 2.24) is 0 Å². The first kappa shape index (κ1) is 12.5. The molecule has 1 aromatic rings. The molecule has 0 bridgehead atoms. The molecule has 0 spiro atoms. The number of benzene rings is 1. The maximum atomic E-state index is 5.99. The average molecular weight is 302 g/mol. The fraction of sp³-hybridized carbons (Fsp3) is 0.455. The van der Waals surface area contributed by atoms with Gasteiger partial charge in [0.25, 0.3) is 0 Å². The minimum Gasteiger partial charge on any atom is -0.397 e. The van der Waals surface area contributed by atoms with Crippen LogP contribution in [0.2, 0.25) is 0 Å². The molecule has 2 rings (SSSR count). The molecule has 0 radical (unpaired) electrons. The van der Waals surface area contributed by atoms with E-state index in [1.54, 1.807) is 14.2 Å². The summed E-state index contributed by atoms with van der Waals surface area (Å²) >= 11 is 3.44. The van der Waals surface area contributed by atoms with E-state index in [9.17, 15) is 0 Å². The van der Waals surface area contributed by atoms with E-state index >= 15 is 0 Å². The fourth-order valence-electron chi connectivity index (χ4n) is 2.06. The standard InChI is InChI=1S/C11H16BrN3O2/c1-15-8-5-6(12)4-7(13)9(8)14-10(16-2)11(15)17-3/h4-5,10-11,14H,13H2,1-3H3. The smallest absolute Gasteiger partial charge is 0.174 e. The van der Waals surface area contributed by atoms with Gasteiger partial charge in [0, 0.05) is 25.7 Å². The van der Waals surface area contributed by atoms with Crippen molar-refractivity contribution < 1.29 is 9.47 Å². The van der Waals surface area contributed by atoms with E-state index in [-0.39, 0.29) is 12.5 Å². The molecule has 94 valence electrons. The van der Waals surface area contributed by atoms with Crippen LogP contribution in [0.15, 0.2) is 16.6 Å². The van der Waals surface area contributed by atoms with Crippen LogP contribution >= 0.6 is 15.9 Å². The van der Waals surface area contributed by atoms with E-state index in [1.165, 1.54) is 0 Å². The zero-order chi connectivity index (χ0) is 12.6. The Bertz CT molecular complexity index is 427. The van der Waals surface area contributed by atoms with Crippen molar-refractivity contribution in [3.05, 3.63) is 16.6 Å². The van der Waals surface area contributed by atoms with Crippen molar-refractivity contribution in [3.63, 3.8) is 0 Å². The topological polar surface area (TPSA) is 59.8 Å². The third-order valence-corrected chi connectivity index (χ3v) is 3.37. The Labute approximate surface area is 109 Å². The maximum Gasteiger partial charge on any atom is 0.174 e. The maximum absolute atomic E-state index is 5.99. The molecule has 0 fully saturated rings. The predicted octanol–water partition coefficient (Wildman–Crippen LogP) is 1.84. The summed E-state index contributed by atoms with van der Waals surface area (Å²) in [6, 6.07) is 3.86. The molecule has 0 saturated heterocycles. The Morgan fingerprint density at radius 1 is 1.35 bits per heavy atom. The van der Waals surface area contributed by atoms with E-state index in [0.717, 1.165) is 15.8 Å². The Morgan fingerprint density at radius 2 is 2.06 bits per heavy atom. The quantitative estimate of drug-likeness (QED) is 0.816. The fourth-order valence-corrected chi connectivity index (χ4v) is 2.52. The molecule has 0 amide bonds. The third kappa shape index (κ3) is 2.08. The number of halogens is 1. The number of hydrogen-bond donors (Lipinski definition) is 2. The number of likely N-dealkylation sites (N-methyl/N-ethyl adjacent to an activating group) is 1. The molecule has 5 nitrogen and oxygen atoms in total. The van der Waals surface area contributed by atoms with Crippen LogP contribution in [0.25, 0.3) is 0 Å². The summed E-state index contributed by atoms with van der Waals surface area (Å²) in [5.41, 5.74) is 8.53. The lowest BCUT2D eigenvalue weighted by molar-refractivity contribution is -0.0226. The van der Waals surface area contributed by atoms with Crippen LogP contribution in [0.3, 0.4) is 0 Å². The Balaban J connectivity index is 2.48. The van der Waals surface area contributed by atoms with Crippen molar-refractivity contribution in [3.8, 4) is 0 Å². The Kier molecular flexibility index (Phi) is 3.46. The van der Waals surface area contributed by atoms with Gasteiger partial charge in [-0.15, -0.1) is 0 Å². The van der Waals surface area contributed by atoms with Crippen LogP contribution in [0.5, 0.6) is 0 Å². The zero-order valence-electron chi connectivity index (χ0n) is 10.0. The highest BCUT2D eigenvalue weighted by Crippen LogP contribution is 2.39. The van der Waals surface area contributed by atoms with Crippen LogP contribution in [0.4, 0.5) is 17.1 Å². The summed E-state index contributed by atoms with van der Waals surface area (Å²) < 4.78 is 11.7. The predicted molar refractivity (Wildman–Crippen MR) is 72.2 cm³/mol. The van der Waals surface area contributed by atoms with Crippen LogP contribution in [-0.4, -0.2) is 33.7 Å². The van der Waals surface area contributed by atoms with Gasteiger partial charge in [-0.05, 0) is 12.1 Å². The number of nitrogens with zero attached hydrogens (tertiary/aromatic N) is 1. The number of anilines is 3.